The summed E-state index contributed by atoms with van der Waals surface area (Å²) in [7, 11) is 0. The van der Waals surface area contributed by atoms with Crippen molar-refractivity contribution in [3.05, 3.63) is 34.9 Å². The molecule has 2 aliphatic rings. The second-order valence-corrected chi connectivity index (χ2v) is 48.6. The highest BCUT2D eigenvalue weighted by Crippen LogP contribution is 2.38. The molecule has 17 nitrogen and oxygen atoms in total. The third-order valence-electron chi connectivity index (χ3n) is 32.9. The lowest BCUT2D eigenvalue weighted by atomic mass is 9.85. The Morgan fingerprint density at radius 2 is 0.530 bits per heavy atom. The van der Waals surface area contributed by atoms with Gasteiger partial charge in [-0.2, -0.15) is 0 Å². The van der Waals surface area contributed by atoms with Crippen molar-refractivity contribution in [2.45, 2.75) is 712 Å². The molecule has 0 spiro atoms. The van der Waals surface area contributed by atoms with E-state index in [1.54, 1.807) is 27.7 Å². The van der Waals surface area contributed by atoms with Gasteiger partial charge in [-0.1, -0.05) is 596 Å². The van der Waals surface area contributed by atoms with Gasteiger partial charge in [0, 0.05) is 23.1 Å². The van der Waals surface area contributed by atoms with E-state index in [1.165, 1.54) is 398 Å². The normalized spacial score (nSPS) is 20.4. The maximum atomic E-state index is 15.1. The Morgan fingerprint density at radius 1 is 0.282 bits per heavy atom. The lowest BCUT2D eigenvalue weighted by molar-refractivity contribution is -0.377. The summed E-state index contributed by atoms with van der Waals surface area (Å²) >= 11 is 0. The molecule has 4 N–H and O–H groups in total. The van der Waals surface area contributed by atoms with Gasteiger partial charge in [0.05, 0.1) is 18.6 Å². The number of rotatable bonds is 104. The zero-order valence-electron chi connectivity index (χ0n) is 101. The Kier molecular flexibility index (Phi) is 91.5. The van der Waals surface area contributed by atoms with Crippen LogP contribution in [0.15, 0.2) is 34.9 Å². The van der Waals surface area contributed by atoms with Crippen molar-refractivity contribution in [2.24, 2.45) is 53.3 Å². The van der Waals surface area contributed by atoms with Crippen LogP contribution in [0, 0.1) is 53.3 Å². The van der Waals surface area contributed by atoms with Gasteiger partial charge in [0.15, 0.2) is 24.4 Å². The van der Waals surface area contributed by atoms with Crippen LogP contribution in [0.1, 0.15) is 644 Å². The number of aliphatic hydroxyl groups excluding tert-OH is 4. The molecule has 0 radical (unpaired) electrons. The van der Waals surface area contributed by atoms with Gasteiger partial charge >= 0.3 is 29.8 Å². The number of ether oxygens (including phenoxy) is 8. The molecular formula is C132H246O17. The molecule has 876 valence electrons. The van der Waals surface area contributed by atoms with Crippen LogP contribution in [0.5, 0.6) is 0 Å². The van der Waals surface area contributed by atoms with Crippen LogP contribution in [-0.2, 0) is 61.9 Å². The molecule has 20 atom stereocenters. The molecule has 0 aromatic heterocycles. The van der Waals surface area contributed by atoms with Crippen LogP contribution in [0.3, 0.4) is 0 Å². The molecule has 0 aliphatic carbocycles. The third kappa shape index (κ3) is 74.3. The van der Waals surface area contributed by atoms with E-state index in [-0.39, 0.29) is 47.2 Å². The Morgan fingerprint density at radius 3 is 0.819 bits per heavy atom. The number of esters is 5. The molecule has 149 heavy (non-hydrogen) atoms. The summed E-state index contributed by atoms with van der Waals surface area (Å²) < 4.78 is 52.2. The average Bonchev–Trinajstić information content (AvgIpc) is 0.768. The van der Waals surface area contributed by atoms with E-state index in [4.69, 9.17) is 37.9 Å². The summed E-state index contributed by atoms with van der Waals surface area (Å²) in [5, 5.41) is 49.6. The van der Waals surface area contributed by atoms with Crippen LogP contribution in [0.25, 0.3) is 0 Å². The Labute approximate surface area is 919 Å². The number of aliphatic hydroxyl groups is 4. The van der Waals surface area contributed by atoms with Crippen molar-refractivity contribution in [1.82, 2.24) is 0 Å². The van der Waals surface area contributed by atoms with Crippen molar-refractivity contribution in [3.8, 4) is 0 Å². The highest BCUT2D eigenvalue weighted by molar-refractivity contribution is 5.89. The van der Waals surface area contributed by atoms with E-state index in [1.807, 2.05) is 25.2 Å². The number of allylic oxidation sites excluding steroid dienone is 3. The maximum Gasteiger partial charge on any atom is 0.333 e. The van der Waals surface area contributed by atoms with Crippen molar-refractivity contribution in [2.75, 3.05) is 13.2 Å². The van der Waals surface area contributed by atoms with E-state index in [9.17, 15) is 34.8 Å². The molecule has 0 bridgehead atoms. The number of hydrogen-bond acceptors (Lipinski definition) is 17. The second kappa shape index (κ2) is 96.4. The standard InChI is InChI=1S/C132H246O17/c1-18-23-28-33-38-43-48-53-57-59-64-68-73-78-82-87-92-106(7)97-110(11)101-114(15)128(139)147-124-121(136)118(104-142-127(138)113(14)100-109(10)96-105(6)91-86-81-76-71-66-62-55-50-45-40-35-30-25-20-3)144-132(126(124)145-119(134)95-90-85-80-75-70-61-52-47-42-37-32-27-22-5)149-131-125(148-129(140)115(16)102-111(12)98-107(8)93-88-83-77-72-67-63-56-51-46-41-36-31-26-21-4)122(137)123(117(103-133)143-131)146-130(141)116(17)120(135)112(13)99-108(9)94-89-84-79-74-69-65-60-58-54-49-44-39-34-29-24-19-2/h100-102,105-112,116-118,120-126,131-133,135-137H,18-99,103-104H2,1-17H3/b113-100+,114-101+,115-102+/t105-,106-,107-,108-,109-,110-,111-,112-,116-,117?,118?,120-,121+,122?,123+,124?,125-,126+,131+,132+/m0/s1. The molecule has 2 rings (SSSR count). The quantitative estimate of drug-likeness (QED) is 0.0192. The van der Waals surface area contributed by atoms with E-state index in [0.717, 1.165) is 109 Å². The minimum absolute atomic E-state index is 0.0303. The molecular weight excluding hydrogens is 1860 g/mol. The van der Waals surface area contributed by atoms with Gasteiger partial charge in [0.1, 0.15) is 31.0 Å². The molecule has 2 saturated heterocycles. The minimum Gasteiger partial charge on any atom is -0.459 e. The highest BCUT2D eigenvalue weighted by Gasteiger charge is 2.56. The zero-order chi connectivity index (χ0) is 109. The lowest BCUT2D eigenvalue weighted by Crippen LogP contribution is -2.66. The first kappa shape index (κ1) is 141. The Bertz CT molecular complexity index is 3210. The van der Waals surface area contributed by atoms with Crippen molar-refractivity contribution < 1.29 is 82.3 Å². The Balaban J connectivity index is 2.70. The smallest absolute Gasteiger partial charge is 0.333 e. The summed E-state index contributed by atoms with van der Waals surface area (Å²) in [4.78, 5) is 74.3. The van der Waals surface area contributed by atoms with Gasteiger partial charge in [0.2, 0.25) is 12.6 Å². The Hall–Kier alpha value is -3.71. The zero-order valence-corrected chi connectivity index (χ0v) is 101. The monoisotopic (exact) mass is 2100 g/mol. The lowest BCUT2D eigenvalue weighted by Gasteiger charge is -2.47. The van der Waals surface area contributed by atoms with Crippen molar-refractivity contribution >= 4 is 29.8 Å². The van der Waals surface area contributed by atoms with Gasteiger partial charge < -0.3 is 58.3 Å². The molecule has 2 heterocycles. The highest BCUT2D eigenvalue weighted by atomic mass is 16.8. The third-order valence-corrected chi connectivity index (χ3v) is 32.9. The van der Waals surface area contributed by atoms with E-state index < -0.39 is 116 Å². The van der Waals surface area contributed by atoms with E-state index in [2.05, 4.69) is 83.1 Å². The first-order chi connectivity index (χ1) is 72.2. The fourth-order valence-corrected chi connectivity index (χ4v) is 23.3. The molecule has 0 amide bonds. The SMILES string of the molecule is CCCCCCCCCCCCCCCCCC[C@H](C)C[C@H](C)/C=C(\C)C(=O)OC1[C@H](O)C(COC(=O)/C(C)=C/[C@@H](C)C[C@@H](C)CCCCCCCCCCCCCCCC)O[C@H](O[C@H]2OC(CO)[C@@H](OC(=O)[C@@H](C)[C@@H](O)[C@@H](C)C[C@@H](C)CCCCCCCCCCCCCCCCCC)C(O)[C@@H]2OC(=O)/C(C)=C/[C@@H](C)C[C@@H](C)CCCCCCCCCCCCCCCC)[C@@H]1OC(=O)CCCCCCCCCCCCCCC. The number of carbonyl (C=O) groups excluding carboxylic acids is 5. The van der Waals surface area contributed by atoms with E-state index in [0.29, 0.717) is 36.2 Å². The summed E-state index contributed by atoms with van der Waals surface area (Å²) in [6, 6.07) is 0. The van der Waals surface area contributed by atoms with Gasteiger partial charge in [-0.3, -0.25) is 9.59 Å². The number of hydrogen-bond donors (Lipinski definition) is 4. The predicted molar refractivity (Wildman–Crippen MR) is 625 cm³/mol. The number of carbonyl (C=O) groups is 5. The van der Waals surface area contributed by atoms with Crippen LogP contribution in [0.4, 0.5) is 0 Å². The van der Waals surface area contributed by atoms with Crippen molar-refractivity contribution in [3.63, 3.8) is 0 Å². The molecule has 2 aliphatic heterocycles. The van der Waals surface area contributed by atoms with E-state index >= 15 is 9.59 Å². The fraction of sp³-hybridized carbons (Fsp3) is 0.917. The summed E-state index contributed by atoms with van der Waals surface area (Å²) in [5.41, 5.74) is 0.836. The number of unbranched alkanes of at least 4 members (excludes halogenated alkanes) is 68. The van der Waals surface area contributed by atoms with Gasteiger partial charge in [-0.25, -0.2) is 14.4 Å². The molecule has 0 aromatic carbocycles. The first-order valence-corrected chi connectivity index (χ1v) is 64.8. The first-order valence-electron chi connectivity index (χ1n) is 64.8. The minimum atomic E-state index is -1.98. The van der Waals surface area contributed by atoms with Gasteiger partial charge in [-0.05, 0) is 107 Å². The topological polar surface area (TPSA) is 240 Å². The predicted octanol–water partition coefficient (Wildman–Crippen LogP) is 37.4. The van der Waals surface area contributed by atoms with Crippen LogP contribution in [-0.4, -0.2) is 131 Å². The largest absolute Gasteiger partial charge is 0.459 e. The van der Waals surface area contributed by atoms with Crippen LogP contribution < -0.4 is 0 Å². The molecule has 17 heteroatoms. The molecule has 0 saturated carbocycles. The summed E-state index contributed by atoms with van der Waals surface area (Å²) in [6.07, 6.45) is 86.4. The summed E-state index contributed by atoms with van der Waals surface area (Å²) in [5.74, 6) is -3.98. The average molecular weight is 2110 g/mol. The fourth-order valence-electron chi connectivity index (χ4n) is 23.3. The summed E-state index contributed by atoms with van der Waals surface area (Å²) in [6.45, 7) is 33.7. The van der Waals surface area contributed by atoms with Crippen LogP contribution in [0.2, 0.25) is 0 Å². The maximum absolute atomic E-state index is 15.1. The molecule has 2 fully saturated rings. The van der Waals surface area contributed by atoms with Crippen molar-refractivity contribution in [1.29, 1.82) is 0 Å². The second-order valence-electron chi connectivity index (χ2n) is 48.6. The van der Waals surface area contributed by atoms with Crippen LogP contribution >= 0.6 is 0 Å². The van der Waals surface area contributed by atoms with Gasteiger partial charge in [0.25, 0.3) is 0 Å². The molecule has 0 aromatic rings. The molecule has 4 unspecified atom stereocenters. The van der Waals surface area contributed by atoms with Gasteiger partial charge in [-0.15, -0.1) is 0 Å².